The molecule has 0 saturated carbocycles. The van der Waals surface area contributed by atoms with Gasteiger partial charge < -0.3 is 14.8 Å². The quantitative estimate of drug-likeness (QED) is 0.476. The Labute approximate surface area is 189 Å². The largest absolute Gasteiger partial charge is 0.460 e. The summed E-state index contributed by atoms with van der Waals surface area (Å²) in [6.45, 7) is 11.6. The van der Waals surface area contributed by atoms with E-state index < -0.39 is 0 Å². The molecule has 32 heavy (non-hydrogen) atoms. The van der Waals surface area contributed by atoms with Gasteiger partial charge in [0.2, 0.25) is 5.91 Å². The monoisotopic (exact) mass is 436 g/mol. The second-order valence-corrected chi connectivity index (χ2v) is 8.88. The summed E-state index contributed by atoms with van der Waals surface area (Å²) in [5, 5.41) is 7.55. The number of carbonyl (C=O) groups is 1. The van der Waals surface area contributed by atoms with E-state index in [0.717, 1.165) is 16.8 Å². The SMILES string of the molecule is CCOCCOc1nc(-c2ccc(C)cc2)n(-c2cccc(NC(=O)CC(C)(C)C)c2)n1. The maximum absolute atomic E-state index is 12.4. The maximum Gasteiger partial charge on any atom is 0.336 e. The van der Waals surface area contributed by atoms with Crippen LogP contribution in [0.15, 0.2) is 48.5 Å². The van der Waals surface area contributed by atoms with Crippen molar-refractivity contribution in [1.29, 1.82) is 0 Å². The van der Waals surface area contributed by atoms with Gasteiger partial charge in [-0.05, 0) is 37.5 Å². The molecule has 3 rings (SSSR count). The van der Waals surface area contributed by atoms with Crippen LogP contribution in [0.1, 0.15) is 39.7 Å². The molecule has 0 fully saturated rings. The number of nitrogens with zero attached hydrogens (tertiary/aromatic N) is 3. The van der Waals surface area contributed by atoms with Gasteiger partial charge >= 0.3 is 6.01 Å². The van der Waals surface area contributed by atoms with Crippen LogP contribution in [0.5, 0.6) is 6.01 Å². The minimum Gasteiger partial charge on any atom is -0.460 e. The molecule has 0 bridgehead atoms. The summed E-state index contributed by atoms with van der Waals surface area (Å²) in [5.41, 5.74) is 3.49. The highest BCUT2D eigenvalue weighted by Gasteiger charge is 2.18. The summed E-state index contributed by atoms with van der Waals surface area (Å²) in [5.74, 6) is 0.640. The van der Waals surface area contributed by atoms with Gasteiger partial charge in [-0.2, -0.15) is 4.98 Å². The summed E-state index contributed by atoms with van der Waals surface area (Å²) >= 11 is 0. The van der Waals surface area contributed by atoms with E-state index in [1.54, 1.807) is 4.68 Å². The molecular formula is C25H32N4O3. The van der Waals surface area contributed by atoms with Crippen molar-refractivity contribution in [2.45, 2.75) is 41.0 Å². The molecule has 7 nitrogen and oxygen atoms in total. The average Bonchev–Trinajstić information content (AvgIpc) is 3.15. The van der Waals surface area contributed by atoms with Crippen molar-refractivity contribution >= 4 is 11.6 Å². The minimum atomic E-state index is -0.0834. The van der Waals surface area contributed by atoms with Gasteiger partial charge in [0.25, 0.3) is 0 Å². The number of benzene rings is 2. The third-order valence-electron chi connectivity index (χ3n) is 4.63. The van der Waals surface area contributed by atoms with Crippen molar-refractivity contribution in [3.05, 3.63) is 54.1 Å². The predicted octanol–water partition coefficient (Wildman–Crippen LogP) is 5.03. The zero-order valence-corrected chi connectivity index (χ0v) is 19.5. The van der Waals surface area contributed by atoms with Gasteiger partial charge in [0.15, 0.2) is 5.82 Å². The first kappa shape index (κ1) is 23.5. The Balaban J connectivity index is 1.90. The Morgan fingerprint density at radius 3 is 2.53 bits per heavy atom. The first-order chi connectivity index (χ1) is 15.2. The highest BCUT2D eigenvalue weighted by Crippen LogP contribution is 2.26. The molecule has 2 aromatic carbocycles. The molecule has 1 heterocycles. The fourth-order valence-electron chi connectivity index (χ4n) is 3.16. The number of aromatic nitrogens is 3. The van der Waals surface area contributed by atoms with Crippen molar-refractivity contribution < 1.29 is 14.3 Å². The van der Waals surface area contributed by atoms with Gasteiger partial charge in [-0.1, -0.05) is 56.7 Å². The smallest absolute Gasteiger partial charge is 0.336 e. The highest BCUT2D eigenvalue weighted by atomic mass is 16.5. The molecule has 1 N–H and O–H groups in total. The van der Waals surface area contributed by atoms with Crippen LogP contribution in [0.2, 0.25) is 0 Å². The van der Waals surface area contributed by atoms with Crippen LogP contribution < -0.4 is 10.1 Å². The van der Waals surface area contributed by atoms with Crippen LogP contribution in [0.4, 0.5) is 5.69 Å². The third-order valence-corrected chi connectivity index (χ3v) is 4.63. The van der Waals surface area contributed by atoms with Gasteiger partial charge in [0.05, 0.1) is 12.3 Å². The molecule has 0 aliphatic heterocycles. The normalized spacial score (nSPS) is 11.4. The Kier molecular flexibility index (Phi) is 7.64. The van der Waals surface area contributed by atoms with E-state index in [-0.39, 0.29) is 17.3 Å². The number of hydrogen-bond donors (Lipinski definition) is 1. The molecule has 1 aromatic heterocycles. The van der Waals surface area contributed by atoms with Crippen LogP contribution in [0.3, 0.4) is 0 Å². The standard InChI is InChI=1S/C25H32N4O3/c1-6-31-14-15-32-24-27-23(19-12-10-18(2)11-13-19)29(28-24)21-9-7-8-20(16-21)26-22(30)17-25(3,4)5/h7-13,16H,6,14-15,17H2,1-5H3,(H,26,30). The van der Waals surface area contributed by atoms with Crippen LogP contribution in [-0.4, -0.2) is 40.5 Å². The van der Waals surface area contributed by atoms with E-state index in [9.17, 15) is 4.79 Å². The molecule has 0 aliphatic carbocycles. The Morgan fingerprint density at radius 1 is 1.09 bits per heavy atom. The van der Waals surface area contributed by atoms with Gasteiger partial charge in [-0.3, -0.25) is 4.79 Å². The minimum absolute atomic E-state index is 0.0213. The maximum atomic E-state index is 12.4. The van der Waals surface area contributed by atoms with Crippen molar-refractivity contribution in [2.24, 2.45) is 5.41 Å². The molecule has 7 heteroatoms. The van der Waals surface area contributed by atoms with Crippen molar-refractivity contribution in [1.82, 2.24) is 14.8 Å². The van der Waals surface area contributed by atoms with Gasteiger partial charge in [-0.15, -0.1) is 5.10 Å². The molecule has 0 atom stereocenters. The highest BCUT2D eigenvalue weighted by molar-refractivity contribution is 5.91. The number of rotatable bonds is 9. The first-order valence-electron chi connectivity index (χ1n) is 10.9. The van der Waals surface area contributed by atoms with Crippen molar-refractivity contribution in [3.63, 3.8) is 0 Å². The van der Waals surface area contributed by atoms with E-state index >= 15 is 0 Å². The second kappa shape index (κ2) is 10.4. The molecule has 1 amide bonds. The van der Waals surface area contributed by atoms with Gasteiger partial charge in [0.1, 0.15) is 6.61 Å². The molecular weight excluding hydrogens is 404 g/mol. The third kappa shape index (κ3) is 6.65. The molecule has 0 unspecified atom stereocenters. The van der Waals surface area contributed by atoms with Crippen LogP contribution in [0.25, 0.3) is 17.1 Å². The number of carbonyl (C=O) groups excluding carboxylic acids is 1. The van der Waals surface area contributed by atoms with Crippen molar-refractivity contribution in [2.75, 3.05) is 25.1 Å². The van der Waals surface area contributed by atoms with E-state index in [1.807, 2.05) is 83.1 Å². The molecule has 170 valence electrons. The summed E-state index contributed by atoms with van der Waals surface area (Å²) in [6, 6.07) is 15.9. The van der Waals surface area contributed by atoms with E-state index in [0.29, 0.717) is 37.8 Å². The van der Waals surface area contributed by atoms with E-state index in [4.69, 9.17) is 9.47 Å². The van der Waals surface area contributed by atoms with Crippen LogP contribution in [-0.2, 0) is 9.53 Å². The number of amides is 1. The Morgan fingerprint density at radius 2 is 1.84 bits per heavy atom. The first-order valence-corrected chi connectivity index (χ1v) is 10.9. The summed E-state index contributed by atoms with van der Waals surface area (Å²) in [4.78, 5) is 17.0. The fraction of sp³-hybridized carbons (Fsp3) is 0.400. The molecule has 0 spiro atoms. The van der Waals surface area contributed by atoms with Gasteiger partial charge in [-0.25, -0.2) is 4.68 Å². The van der Waals surface area contributed by atoms with E-state index in [1.165, 1.54) is 0 Å². The van der Waals surface area contributed by atoms with Crippen LogP contribution >= 0.6 is 0 Å². The lowest BCUT2D eigenvalue weighted by molar-refractivity contribution is -0.117. The second-order valence-electron chi connectivity index (χ2n) is 8.88. The summed E-state index contributed by atoms with van der Waals surface area (Å²) < 4.78 is 12.8. The average molecular weight is 437 g/mol. The molecule has 3 aromatic rings. The Bertz CT molecular complexity index is 1040. The molecule has 0 aliphatic rings. The van der Waals surface area contributed by atoms with Crippen molar-refractivity contribution in [3.8, 4) is 23.1 Å². The molecule has 0 radical (unpaired) electrons. The number of anilines is 1. The van der Waals surface area contributed by atoms with E-state index in [2.05, 4.69) is 15.4 Å². The zero-order chi connectivity index (χ0) is 23.1. The van der Waals surface area contributed by atoms with Gasteiger partial charge in [0, 0.05) is 24.3 Å². The zero-order valence-electron chi connectivity index (χ0n) is 19.5. The lowest BCUT2D eigenvalue weighted by Gasteiger charge is -2.17. The van der Waals surface area contributed by atoms with Crippen LogP contribution in [0, 0.1) is 12.3 Å². The lowest BCUT2D eigenvalue weighted by atomic mass is 9.92. The topological polar surface area (TPSA) is 78.3 Å². The number of ether oxygens (including phenoxy) is 2. The number of hydrogen-bond acceptors (Lipinski definition) is 5. The summed E-state index contributed by atoms with van der Waals surface area (Å²) in [6.07, 6.45) is 0.437. The summed E-state index contributed by atoms with van der Waals surface area (Å²) in [7, 11) is 0. The number of aryl methyl sites for hydroxylation is 1. The fourth-order valence-corrected chi connectivity index (χ4v) is 3.16. The number of nitrogens with one attached hydrogen (secondary N) is 1. The lowest BCUT2D eigenvalue weighted by Crippen LogP contribution is -2.19. The predicted molar refractivity (Wildman–Crippen MR) is 126 cm³/mol. The Hall–Kier alpha value is -3.19. The molecule has 0 saturated heterocycles.